The lowest BCUT2D eigenvalue weighted by Gasteiger charge is -2.38. The van der Waals surface area contributed by atoms with E-state index < -0.39 is 5.60 Å². The van der Waals surface area contributed by atoms with Crippen molar-refractivity contribution in [2.24, 2.45) is 0 Å². The molecular weight excluding hydrogens is 445 g/mol. The van der Waals surface area contributed by atoms with E-state index in [1.165, 1.54) is 0 Å². The van der Waals surface area contributed by atoms with E-state index in [2.05, 4.69) is 14.9 Å². The molecule has 0 unspecified atom stereocenters. The number of aliphatic hydroxyl groups is 1. The van der Waals surface area contributed by atoms with Gasteiger partial charge in [0.1, 0.15) is 17.5 Å². The molecule has 1 N–H and O–H groups in total. The van der Waals surface area contributed by atoms with Gasteiger partial charge >= 0.3 is 0 Å². The third kappa shape index (κ3) is 3.72. The van der Waals surface area contributed by atoms with Crippen LogP contribution in [0.4, 0.5) is 5.82 Å². The highest BCUT2D eigenvalue weighted by Crippen LogP contribution is 2.37. The van der Waals surface area contributed by atoms with Crippen LogP contribution in [0.15, 0.2) is 54.9 Å². The number of piperidine rings is 1. The predicted molar refractivity (Wildman–Crippen MR) is 129 cm³/mol. The fourth-order valence-electron chi connectivity index (χ4n) is 4.27. The van der Waals surface area contributed by atoms with Crippen molar-refractivity contribution >= 4 is 40.1 Å². The lowest BCUT2D eigenvalue weighted by molar-refractivity contribution is 0.0125. The minimum atomic E-state index is -0.603. The Morgan fingerprint density at radius 3 is 2.38 bits per heavy atom. The maximum Gasteiger partial charge on any atom is 0.160 e. The van der Waals surface area contributed by atoms with Crippen LogP contribution in [0.25, 0.3) is 28.0 Å². The van der Waals surface area contributed by atoms with Crippen molar-refractivity contribution in [1.29, 1.82) is 0 Å². The Hall–Kier alpha value is -2.67. The topological polar surface area (TPSA) is 67.1 Å². The fraction of sp³-hybridized carbons (Fsp3) is 0.292. The summed E-state index contributed by atoms with van der Waals surface area (Å²) in [7, 11) is 0. The molecule has 1 fully saturated rings. The highest BCUT2D eigenvalue weighted by Gasteiger charge is 2.32. The number of hydrogen-bond acceptors (Lipinski definition) is 5. The van der Waals surface area contributed by atoms with Crippen LogP contribution in [0.1, 0.15) is 26.2 Å². The average Bonchev–Trinajstić information content (AvgIpc) is 3.20. The van der Waals surface area contributed by atoms with Crippen LogP contribution in [0.3, 0.4) is 0 Å². The van der Waals surface area contributed by atoms with E-state index in [1.54, 1.807) is 6.33 Å². The van der Waals surface area contributed by atoms with Gasteiger partial charge in [0.15, 0.2) is 11.3 Å². The standard InChI is InChI=1S/C24H23Cl2N5O/c1-2-24(32)11-13-30(14-12-24)23-21-20(27-15-28-23)22(16-7-9-17(25)10-8-16)31(29-21)19-6-4-3-5-18(19)26/h3-10,15,32H,2,11-14H2,1H3. The molecule has 4 aromatic rings. The summed E-state index contributed by atoms with van der Waals surface area (Å²) in [6, 6.07) is 15.2. The Labute approximate surface area is 196 Å². The van der Waals surface area contributed by atoms with Gasteiger partial charge in [-0.05, 0) is 43.5 Å². The summed E-state index contributed by atoms with van der Waals surface area (Å²) in [5, 5.41) is 16.9. The SMILES string of the molecule is CCC1(O)CCN(c2ncnc3c(-c4ccc(Cl)cc4)n(-c4ccccc4Cl)nc23)CC1. The molecular formula is C24H23Cl2N5O. The van der Waals surface area contributed by atoms with Gasteiger partial charge in [0.25, 0.3) is 0 Å². The number of aromatic nitrogens is 4. The van der Waals surface area contributed by atoms with Crippen LogP contribution >= 0.6 is 23.2 Å². The Morgan fingerprint density at radius 1 is 0.969 bits per heavy atom. The van der Waals surface area contributed by atoms with Crippen molar-refractivity contribution in [2.75, 3.05) is 18.0 Å². The lowest BCUT2D eigenvalue weighted by Crippen LogP contribution is -2.44. The molecule has 164 valence electrons. The van der Waals surface area contributed by atoms with Crippen LogP contribution in [-0.4, -0.2) is 43.5 Å². The molecule has 6 nitrogen and oxygen atoms in total. The normalized spacial score (nSPS) is 15.9. The van der Waals surface area contributed by atoms with Gasteiger partial charge in [0.2, 0.25) is 0 Å². The summed E-state index contributed by atoms with van der Waals surface area (Å²) in [4.78, 5) is 11.4. The predicted octanol–water partition coefficient (Wildman–Crippen LogP) is 5.53. The zero-order valence-electron chi connectivity index (χ0n) is 17.7. The number of benzene rings is 2. The van der Waals surface area contributed by atoms with Gasteiger partial charge in [-0.25, -0.2) is 14.6 Å². The van der Waals surface area contributed by atoms with Gasteiger partial charge < -0.3 is 10.0 Å². The first-order valence-corrected chi connectivity index (χ1v) is 11.5. The summed E-state index contributed by atoms with van der Waals surface area (Å²) < 4.78 is 1.83. The second-order valence-corrected chi connectivity index (χ2v) is 9.02. The molecule has 1 saturated heterocycles. The summed E-state index contributed by atoms with van der Waals surface area (Å²) in [6.45, 7) is 3.46. The Balaban J connectivity index is 1.69. The fourth-order valence-corrected chi connectivity index (χ4v) is 4.61. The average molecular weight is 468 g/mol. The van der Waals surface area contributed by atoms with E-state index in [0.29, 0.717) is 41.5 Å². The largest absolute Gasteiger partial charge is 0.390 e. The van der Waals surface area contributed by atoms with Gasteiger partial charge in [0.05, 0.1) is 16.3 Å². The van der Waals surface area contributed by atoms with E-state index in [4.69, 9.17) is 28.3 Å². The van der Waals surface area contributed by atoms with E-state index in [9.17, 15) is 5.11 Å². The highest BCUT2D eigenvalue weighted by molar-refractivity contribution is 6.32. The summed E-state index contributed by atoms with van der Waals surface area (Å²) in [5.74, 6) is 0.772. The molecule has 0 amide bonds. The zero-order chi connectivity index (χ0) is 22.3. The van der Waals surface area contributed by atoms with Crippen LogP contribution in [0.2, 0.25) is 10.0 Å². The summed E-state index contributed by atoms with van der Waals surface area (Å²) in [6.07, 6.45) is 3.73. The molecule has 0 radical (unpaired) electrons. The van der Waals surface area contributed by atoms with E-state index in [-0.39, 0.29) is 0 Å². The number of fused-ring (bicyclic) bond motifs is 1. The van der Waals surface area contributed by atoms with Crippen LogP contribution in [0.5, 0.6) is 0 Å². The van der Waals surface area contributed by atoms with Gasteiger partial charge in [-0.15, -0.1) is 0 Å². The van der Waals surface area contributed by atoms with Gasteiger partial charge in [-0.2, -0.15) is 5.10 Å². The number of rotatable bonds is 4. The molecule has 32 heavy (non-hydrogen) atoms. The minimum Gasteiger partial charge on any atom is -0.390 e. The monoisotopic (exact) mass is 467 g/mol. The van der Waals surface area contributed by atoms with Crippen molar-refractivity contribution in [3.8, 4) is 16.9 Å². The summed E-state index contributed by atoms with van der Waals surface area (Å²) in [5.41, 5.74) is 3.37. The molecule has 1 aliphatic rings. The second kappa shape index (κ2) is 8.35. The number of para-hydroxylation sites is 1. The van der Waals surface area contributed by atoms with E-state index >= 15 is 0 Å². The maximum atomic E-state index is 10.7. The third-order valence-electron chi connectivity index (χ3n) is 6.29. The number of hydrogen-bond donors (Lipinski definition) is 1. The molecule has 0 bridgehead atoms. The van der Waals surface area contributed by atoms with Gasteiger partial charge in [-0.1, -0.05) is 54.4 Å². The first kappa shape index (κ1) is 21.2. The number of halogens is 2. The smallest absolute Gasteiger partial charge is 0.160 e. The van der Waals surface area contributed by atoms with Crippen LogP contribution in [0, 0.1) is 0 Å². The molecule has 5 rings (SSSR count). The lowest BCUT2D eigenvalue weighted by atomic mass is 9.89. The second-order valence-electron chi connectivity index (χ2n) is 8.18. The number of nitrogens with zero attached hydrogens (tertiary/aromatic N) is 5. The van der Waals surface area contributed by atoms with Gasteiger partial charge in [-0.3, -0.25) is 0 Å². The van der Waals surface area contributed by atoms with Crippen LogP contribution < -0.4 is 4.90 Å². The molecule has 8 heteroatoms. The van der Waals surface area contributed by atoms with E-state index in [1.807, 2.05) is 60.1 Å². The Bertz CT molecular complexity index is 1260. The Kier molecular flexibility index (Phi) is 5.53. The van der Waals surface area contributed by atoms with Crippen molar-refractivity contribution in [3.05, 3.63) is 64.9 Å². The summed E-state index contributed by atoms with van der Waals surface area (Å²) >= 11 is 12.7. The zero-order valence-corrected chi connectivity index (χ0v) is 19.2. The van der Waals surface area contributed by atoms with E-state index in [0.717, 1.165) is 34.7 Å². The molecule has 0 aliphatic carbocycles. The molecule has 2 aromatic carbocycles. The minimum absolute atomic E-state index is 0.594. The van der Waals surface area contributed by atoms with Crippen molar-refractivity contribution < 1.29 is 5.11 Å². The first-order chi connectivity index (χ1) is 15.5. The molecule has 3 heterocycles. The third-order valence-corrected chi connectivity index (χ3v) is 6.86. The van der Waals surface area contributed by atoms with Crippen LogP contribution in [-0.2, 0) is 0 Å². The molecule has 0 saturated carbocycles. The molecule has 1 aliphatic heterocycles. The highest BCUT2D eigenvalue weighted by atomic mass is 35.5. The number of anilines is 1. The van der Waals surface area contributed by atoms with Crippen molar-refractivity contribution in [3.63, 3.8) is 0 Å². The quantitative estimate of drug-likeness (QED) is 0.427. The first-order valence-electron chi connectivity index (χ1n) is 10.7. The van der Waals surface area contributed by atoms with Gasteiger partial charge in [0, 0.05) is 23.7 Å². The Morgan fingerprint density at radius 2 is 1.69 bits per heavy atom. The maximum absolute atomic E-state index is 10.7. The molecule has 2 aromatic heterocycles. The molecule has 0 spiro atoms. The van der Waals surface area contributed by atoms with Crippen molar-refractivity contribution in [2.45, 2.75) is 31.8 Å². The van der Waals surface area contributed by atoms with Crippen molar-refractivity contribution in [1.82, 2.24) is 19.7 Å². The molecule has 0 atom stereocenters.